The van der Waals surface area contributed by atoms with Crippen LogP contribution in [0.2, 0.25) is 0 Å². The summed E-state index contributed by atoms with van der Waals surface area (Å²) in [7, 11) is 1.62. The fraction of sp³-hybridized carbons (Fsp3) is 0.500. The van der Waals surface area contributed by atoms with Gasteiger partial charge in [0, 0.05) is 13.0 Å². The summed E-state index contributed by atoms with van der Waals surface area (Å²) in [5.41, 5.74) is 1.10. The van der Waals surface area contributed by atoms with E-state index in [0.29, 0.717) is 17.9 Å². The maximum atomic E-state index is 8.44. The number of methoxy groups -OCH3 is 1. The summed E-state index contributed by atoms with van der Waals surface area (Å²) >= 11 is 0. The summed E-state index contributed by atoms with van der Waals surface area (Å²) < 4.78 is 16.0. The Kier molecular flexibility index (Phi) is 4.87. The smallest absolute Gasteiger partial charge is 0.231 e. The minimum Gasteiger partial charge on any atom is -0.493 e. The quantitative estimate of drug-likeness (QED) is 0.763. The molecule has 1 aromatic rings. The molecule has 0 aliphatic carbocycles. The Balaban J connectivity index is 1.86. The van der Waals surface area contributed by atoms with Crippen molar-refractivity contribution < 1.29 is 14.2 Å². The van der Waals surface area contributed by atoms with Gasteiger partial charge < -0.3 is 19.5 Å². The van der Waals surface area contributed by atoms with Crippen LogP contribution >= 0.6 is 0 Å². The summed E-state index contributed by atoms with van der Waals surface area (Å²) in [4.78, 5) is 0. The number of nitrogens with zero attached hydrogens (tertiary/aromatic N) is 1. The molecule has 0 saturated carbocycles. The number of fused-ring (bicyclic) bond motifs is 1. The van der Waals surface area contributed by atoms with Crippen LogP contribution in [0.3, 0.4) is 0 Å². The molecule has 0 saturated heterocycles. The van der Waals surface area contributed by atoms with Crippen molar-refractivity contribution in [1.82, 2.24) is 5.32 Å². The molecule has 0 spiro atoms. The van der Waals surface area contributed by atoms with Gasteiger partial charge in [0.05, 0.1) is 13.2 Å². The van der Waals surface area contributed by atoms with Crippen LogP contribution in [0, 0.1) is 11.3 Å². The molecule has 102 valence electrons. The molecule has 0 atom stereocenters. The van der Waals surface area contributed by atoms with Gasteiger partial charge in [-0.1, -0.05) is 0 Å². The maximum absolute atomic E-state index is 8.44. The minimum absolute atomic E-state index is 0.247. The molecule has 1 N–H and O–H groups in total. The zero-order chi connectivity index (χ0) is 13.5. The Morgan fingerprint density at radius 1 is 1.37 bits per heavy atom. The highest BCUT2D eigenvalue weighted by Gasteiger charge is 2.19. The third-order valence-corrected chi connectivity index (χ3v) is 2.94. The Labute approximate surface area is 113 Å². The monoisotopic (exact) mass is 262 g/mol. The number of hydrogen-bond donors (Lipinski definition) is 1. The number of rotatable bonds is 7. The van der Waals surface area contributed by atoms with Gasteiger partial charge in [-0.05, 0) is 37.1 Å². The van der Waals surface area contributed by atoms with E-state index in [9.17, 15) is 0 Å². The summed E-state index contributed by atoms with van der Waals surface area (Å²) in [6.45, 7) is 1.90. The molecule has 2 rings (SSSR count). The van der Waals surface area contributed by atoms with Gasteiger partial charge in [0.15, 0.2) is 11.5 Å². The predicted molar refractivity (Wildman–Crippen MR) is 70.3 cm³/mol. The number of ether oxygens (including phenoxy) is 3. The van der Waals surface area contributed by atoms with Gasteiger partial charge in [-0.3, -0.25) is 0 Å². The van der Waals surface area contributed by atoms with Crippen molar-refractivity contribution in [3.8, 4) is 23.3 Å². The summed E-state index contributed by atoms with van der Waals surface area (Å²) in [6.07, 6.45) is 2.57. The van der Waals surface area contributed by atoms with E-state index in [0.717, 1.165) is 37.2 Å². The lowest BCUT2D eigenvalue weighted by molar-refractivity contribution is 0.171. The van der Waals surface area contributed by atoms with Crippen molar-refractivity contribution >= 4 is 0 Å². The van der Waals surface area contributed by atoms with Crippen LogP contribution in [0.1, 0.15) is 24.8 Å². The molecule has 1 aliphatic rings. The van der Waals surface area contributed by atoms with Gasteiger partial charge in [0.2, 0.25) is 12.5 Å². The molecule has 0 aromatic heterocycles. The highest BCUT2D eigenvalue weighted by atomic mass is 16.7. The molecule has 1 aromatic carbocycles. The lowest BCUT2D eigenvalue weighted by atomic mass is 10.1. The van der Waals surface area contributed by atoms with E-state index in [2.05, 4.69) is 11.4 Å². The molecule has 19 heavy (non-hydrogen) atoms. The van der Waals surface area contributed by atoms with Gasteiger partial charge in [-0.25, -0.2) is 0 Å². The van der Waals surface area contributed by atoms with Crippen LogP contribution in [0.4, 0.5) is 0 Å². The zero-order valence-corrected chi connectivity index (χ0v) is 11.1. The lowest BCUT2D eigenvalue weighted by Crippen LogP contribution is -2.14. The average molecular weight is 262 g/mol. The molecule has 5 heteroatoms. The molecule has 0 fully saturated rings. The number of nitrogens with one attached hydrogen (secondary N) is 1. The molecule has 1 aliphatic heterocycles. The van der Waals surface area contributed by atoms with Crippen LogP contribution in [0.5, 0.6) is 17.2 Å². The van der Waals surface area contributed by atoms with Crippen LogP contribution < -0.4 is 19.5 Å². The van der Waals surface area contributed by atoms with Crippen molar-refractivity contribution in [3.63, 3.8) is 0 Å². The Hall–Kier alpha value is -1.93. The third-order valence-electron chi connectivity index (χ3n) is 2.94. The van der Waals surface area contributed by atoms with Crippen LogP contribution in [-0.2, 0) is 6.54 Å². The highest BCUT2D eigenvalue weighted by molar-refractivity contribution is 5.55. The SMILES string of the molecule is COc1cc(CNCCCCC#N)cc2c1OCO2. The number of benzene rings is 1. The van der Waals surface area contributed by atoms with Gasteiger partial charge in [0.1, 0.15) is 0 Å². The van der Waals surface area contributed by atoms with Gasteiger partial charge in [0.25, 0.3) is 0 Å². The fourth-order valence-corrected chi connectivity index (χ4v) is 1.97. The van der Waals surface area contributed by atoms with Crippen molar-refractivity contribution in [2.24, 2.45) is 0 Å². The first kappa shape index (κ1) is 13.5. The molecular formula is C14H18N2O3. The standard InChI is InChI=1S/C14H18N2O3/c1-17-12-7-11(8-13-14(12)19-10-18-13)9-16-6-4-2-3-5-15/h7-8,16H,2-4,6,9-10H2,1H3. The molecule has 0 radical (unpaired) electrons. The topological polar surface area (TPSA) is 63.5 Å². The number of unbranched alkanes of at least 4 members (excludes halogenated alkanes) is 2. The normalized spacial score (nSPS) is 12.2. The maximum Gasteiger partial charge on any atom is 0.231 e. The average Bonchev–Trinajstić information content (AvgIpc) is 2.90. The first-order valence-electron chi connectivity index (χ1n) is 6.39. The largest absolute Gasteiger partial charge is 0.493 e. The first-order valence-corrected chi connectivity index (χ1v) is 6.39. The van der Waals surface area contributed by atoms with Crippen molar-refractivity contribution in [3.05, 3.63) is 17.7 Å². The Morgan fingerprint density at radius 3 is 3.05 bits per heavy atom. The predicted octanol–water partition coefficient (Wildman–Crippen LogP) is 2.21. The van der Waals surface area contributed by atoms with E-state index in [-0.39, 0.29) is 6.79 Å². The molecular weight excluding hydrogens is 244 g/mol. The second-order valence-electron chi connectivity index (χ2n) is 4.32. The second-order valence-corrected chi connectivity index (χ2v) is 4.32. The van der Waals surface area contributed by atoms with Crippen LogP contribution in [0.25, 0.3) is 0 Å². The van der Waals surface area contributed by atoms with Gasteiger partial charge in [-0.15, -0.1) is 0 Å². The van der Waals surface area contributed by atoms with Crippen molar-refractivity contribution in [2.45, 2.75) is 25.8 Å². The van der Waals surface area contributed by atoms with E-state index in [1.807, 2.05) is 12.1 Å². The van der Waals surface area contributed by atoms with Crippen LogP contribution in [-0.4, -0.2) is 20.4 Å². The van der Waals surface area contributed by atoms with Gasteiger partial charge in [-0.2, -0.15) is 5.26 Å². The van der Waals surface area contributed by atoms with E-state index >= 15 is 0 Å². The molecule has 1 heterocycles. The number of hydrogen-bond acceptors (Lipinski definition) is 5. The number of nitriles is 1. The van der Waals surface area contributed by atoms with E-state index < -0.39 is 0 Å². The Bertz CT molecular complexity index is 468. The fourth-order valence-electron chi connectivity index (χ4n) is 1.97. The summed E-state index contributed by atoms with van der Waals surface area (Å²) in [5.74, 6) is 2.12. The molecule has 0 bridgehead atoms. The third kappa shape index (κ3) is 3.52. The molecule has 0 unspecified atom stereocenters. The second kappa shape index (κ2) is 6.86. The van der Waals surface area contributed by atoms with E-state index in [1.54, 1.807) is 7.11 Å². The minimum atomic E-state index is 0.247. The van der Waals surface area contributed by atoms with Gasteiger partial charge >= 0.3 is 0 Å². The van der Waals surface area contributed by atoms with E-state index in [4.69, 9.17) is 19.5 Å². The lowest BCUT2D eigenvalue weighted by Gasteiger charge is -2.09. The first-order chi connectivity index (χ1) is 9.35. The van der Waals surface area contributed by atoms with E-state index in [1.165, 1.54) is 0 Å². The van der Waals surface area contributed by atoms with Crippen LogP contribution in [0.15, 0.2) is 12.1 Å². The zero-order valence-electron chi connectivity index (χ0n) is 11.1. The molecule has 0 amide bonds. The molecule has 5 nitrogen and oxygen atoms in total. The van der Waals surface area contributed by atoms with Crippen molar-refractivity contribution in [1.29, 1.82) is 5.26 Å². The Morgan fingerprint density at radius 2 is 2.26 bits per heavy atom. The highest BCUT2D eigenvalue weighted by Crippen LogP contribution is 2.41. The van der Waals surface area contributed by atoms with Crippen molar-refractivity contribution in [2.75, 3.05) is 20.4 Å². The summed E-state index contributed by atoms with van der Waals surface area (Å²) in [5, 5.41) is 11.8. The summed E-state index contributed by atoms with van der Waals surface area (Å²) in [6, 6.07) is 6.06.